The molecule has 0 aliphatic rings. The van der Waals surface area contributed by atoms with Crippen molar-refractivity contribution in [3.05, 3.63) is 66.7 Å². The Morgan fingerprint density at radius 1 is 0.966 bits per heavy atom. The van der Waals surface area contributed by atoms with Gasteiger partial charge in [-0.25, -0.2) is 8.42 Å². The first kappa shape index (κ1) is 19.0. The SMILES string of the molecule is CCS(=O)(=O)c1ccc(NC(=O)COc2ccc3oc4ccccc4c3c2)cc1. The van der Waals surface area contributed by atoms with Crippen LogP contribution in [0.1, 0.15) is 6.92 Å². The third-order valence-corrected chi connectivity index (χ3v) is 6.35. The zero-order valence-corrected chi connectivity index (χ0v) is 16.5. The van der Waals surface area contributed by atoms with Gasteiger partial charge in [-0.2, -0.15) is 0 Å². The Bertz CT molecular complexity index is 1290. The molecule has 0 spiro atoms. The van der Waals surface area contributed by atoms with E-state index >= 15 is 0 Å². The molecule has 4 rings (SSSR count). The predicted octanol–water partition coefficient (Wildman–Crippen LogP) is 4.40. The monoisotopic (exact) mass is 409 g/mol. The maximum Gasteiger partial charge on any atom is 0.262 e. The molecule has 0 fully saturated rings. The lowest BCUT2D eigenvalue weighted by molar-refractivity contribution is -0.118. The summed E-state index contributed by atoms with van der Waals surface area (Å²) in [6.45, 7) is 1.42. The van der Waals surface area contributed by atoms with E-state index in [0.29, 0.717) is 11.4 Å². The molecule has 1 aromatic heterocycles. The summed E-state index contributed by atoms with van der Waals surface area (Å²) in [5.41, 5.74) is 2.06. The third kappa shape index (κ3) is 3.95. The predicted molar refractivity (Wildman–Crippen MR) is 112 cm³/mol. The van der Waals surface area contributed by atoms with Crippen LogP contribution in [0.4, 0.5) is 5.69 Å². The van der Waals surface area contributed by atoms with Crippen molar-refractivity contribution < 1.29 is 22.4 Å². The largest absolute Gasteiger partial charge is 0.484 e. The number of furan rings is 1. The lowest BCUT2D eigenvalue weighted by Gasteiger charge is -2.08. The van der Waals surface area contributed by atoms with Gasteiger partial charge < -0.3 is 14.5 Å². The minimum absolute atomic E-state index is 0.0306. The number of nitrogens with one attached hydrogen (secondary N) is 1. The fourth-order valence-electron chi connectivity index (χ4n) is 3.05. The quantitative estimate of drug-likeness (QED) is 0.510. The number of benzene rings is 3. The summed E-state index contributed by atoms with van der Waals surface area (Å²) < 4.78 is 35.1. The van der Waals surface area contributed by atoms with Gasteiger partial charge >= 0.3 is 0 Å². The lowest BCUT2D eigenvalue weighted by atomic mass is 10.1. The van der Waals surface area contributed by atoms with E-state index < -0.39 is 9.84 Å². The van der Waals surface area contributed by atoms with Gasteiger partial charge in [0.05, 0.1) is 10.6 Å². The summed E-state index contributed by atoms with van der Waals surface area (Å²) in [5.74, 6) is 0.250. The molecule has 0 radical (unpaired) electrons. The van der Waals surface area contributed by atoms with E-state index in [-0.39, 0.29) is 23.2 Å². The average molecular weight is 409 g/mol. The van der Waals surface area contributed by atoms with Crippen LogP contribution in [0.25, 0.3) is 21.9 Å². The molecular weight excluding hydrogens is 390 g/mol. The highest BCUT2D eigenvalue weighted by Crippen LogP contribution is 2.31. The molecule has 0 atom stereocenters. The Morgan fingerprint density at radius 3 is 2.45 bits per heavy atom. The van der Waals surface area contributed by atoms with E-state index in [2.05, 4.69) is 5.32 Å². The molecule has 29 heavy (non-hydrogen) atoms. The molecule has 7 heteroatoms. The molecule has 0 bridgehead atoms. The summed E-state index contributed by atoms with van der Waals surface area (Å²) in [5, 5.41) is 4.60. The molecule has 0 saturated heterocycles. The topological polar surface area (TPSA) is 85.6 Å². The second kappa shape index (κ2) is 7.60. The van der Waals surface area contributed by atoms with Gasteiger partial charge in [0.1, 0.15) is 16.9 Å². The molecule has 6 nitrogen and oxygen atoms in total. The molecule has 0 aliphatic heterocycles. The molecule has 0 aliphatic carbocycles. The molecular formula is C22H19NO5S. The van der Waals surface area contributed by atoms with E-state index in [9.17, 15) is 13.2 Å². The molecule has 148 valence electrons. The van der Waals surface area contributed by atoms with Crippen molar-refractivity contribution in [2.24, 2.45) is 0 Å². The van der Waals surface area contributed by atoms with Crippen LogP contribution in [0, 0.1) is 0 Å². The van der Waals surface area contributed by atoms with Crippen LogP contribution < -0.4 is 10.1 Å². The fourth-order valence-corrected chi connectivity index (χ4v) is 3.94. The van der Waals surface area contributed by atoms with Gasteiger partial charge in [-0.15, -0.1) is 0 Å². The van der Waals surface area contributed by atoms with Crippen LogP contribution in [0.5, 0.6) is 5.75 Å². The van der Waals surface area contributed by atoms with Crippen LogP contribution in [-0.4, -0.2) is 26.7 Å². The zero-order chi connectivity index (χ0) is 20.4. The van der Waals surface area contributed by atoms with Crippen LogP contribution >= 0.6 is 0 Å². The summed E-state index contributed by atoms with van der Waals surface area (Å²) in [6, 6.07) is 19.2. The van der Waals surface area contributed by atoms with Crippen LogP contribution in [0.15, 0.2) is 76.0 Å². The first-order chi connectivity index (χ1) is 14.0. The first-order valence-electron chi connectivity index (χ1n) is 9.13. The van der Waals surface area contributed by atoms with Gasteiger partial charge in [-0.3, -0.25) is 4.79 Å². The van der Waals surface area contributed by atoms with Crippen molar-refractivity contribution in [1.29, 1.82) is 0 Å². The second-order valence-corrected chi connectivity index (χ2v) is 8.80. The zero-order valence-electron chi connectivity index (χ0n) is 15.7. The van der Waals surface area contributed by atoms with Crippen LogP contribution in [0.2, 0.25) is 0 Å². The van der Waals surface area contributed by atoms with Crippen molar-refractivity contribution in [3.63, 3.8) is 0 Å². The highest BCUT2D eigenvalue weighted by Gasteiger charge is 2.12. The number of para-hydroxylation sites is 1. The highest BCUT2D eigenvalue weighted by molar-refractivity contribution is 7.91. The third-order valence-electron chi connectivity index (χ3n) is 4.60. The van der Waals surface area contributed by atoms with Crippen molar-refractivity contribution >= 4 is 43.4 Å². The van der Waals surface area contributed by atoms with E-state index in [1.165, 1.54) is 12.1 Å². The van der Waals surface area contributed by atoms with E-state index in [1.54, 1.807) is 25.1 Å². The number of hydrogen-bond acceptors (Lipinski definition) is 5. The average Bonchev–Trinajstić information content (AvgIpc) is 3.10. The van der Waals surface area contributed by atoms with E-state index in [4.69, 9.17) is 9.15 Å². The molecule has 0 unspecified atom stereocenters. The number of fused-ring (bicyclic) bond motifs is 3. The van der Waals surface area contributed by atoms with Gasteiger partial charge in [0.25, 0.3) is 5.91 Å². The van der Waals surface area contributed by atoms with Gasteiger partial charge in [0.2, 0.25) is 0 Å². The number of carbonyl (C=O) groups is 1. The van der Waals surface area contributed by atoms with Gasteiger partial charge in [0, 0.05) is 16.5 Å². The molecule has 1 amide bonds. The lowest BCUT2D eigenvalue weighted by Crippen LogP contribution is -2.20. The van der Waals surface area contributed by atoms with Gasteiger partial charge in [0.15, 0.2) is 16.4 Å². The number of amides is 1. The number of anilines is 1. The summed E-state index contributed by atoms with van der Waals surface area (Å²) >= 11 is 0. The molecule has 3 aromatic carbocycles. The van der Waals surface area contributed by atoms with Crippen LogP contribution in [-0.2, 0) is 14.6 Å². The van der Waals surface area contributed by atoms with Crippen molar-refractivity contribution in [2.45, 2.75) is 11.8 Å². The smallest absolute Gasteiger partial charge is 0.262 e. The normalized spacial score (nSPS) is 11.6. The van der Waals surface area contributed by atoms with Gasteiger partial charge in [-0.1, -0.05) is 25.1 Å². The standard InChI is InChI=1S/C22H19NO5S/c1-2-29(25,26)17-10-7-15(8-11-17)23-22(24)14-27-16-9-12-21-19(13-16)18-5-3-4-6-20(18)28-21/h3-13H,2,14H2,1H3,(H,23,24). The molecule has 4 aromatic rings. The number of carbonyl (C=O) groups excluding carboxylic acids is 1. The number of rotatable bonds is 6. The van der Waals surface area contributed by atoms with E-state index in [1.807, 2.05) is 36.4 Å². The molecule has 0 saturated carbocycles. The fraction of sp³-hybridized carbons (Fsp3) is 0.136. The van der Waals surface area contributed by atoms with Crippen molar-refractivity contribution in [1.82, 2.24) is 0 Å². The summed E-state index contributed by atoms with van der Waals surface area (Å²) in [6.07, 6.45) is 0. The Balaban J connectivity index is 1.42. The Kier molecular flexibility index (Phi) is 4.98. The Morgan fingerprint density at radius 2 is 1.69 bits per heavy atom. The minimum Gasteiger partial charge on any atom is -0.484 e. The maximum absolute atomic E-state index is 12.2. The Hall–Kier alpha value is -3.32. The number of hydrogen-bond donors (Lipinski definition) is 1. The number of sulfone groups is 1. The summed E-state index contributed by atoms with van der Waals surface area (Å²) in [4.78, 5) is 12.4. The molecule has 1 heterocycles. The second-order valence-electron chi connectivity index (χ2n) is 6.52. The minimum atomic E-state index is -3.26. The highest BCUT2D eigenvalue weighted by atomic mass is 32.2. The maximum atomic E-state index is 12.2. The van der Waals surface area contributed by atoms with Crippen molar-refractivity contribution in [2.75, 3.05) is 17.7 Å². The molecule has 1 N–H and O–H groups in total. The van der Waals surface area contributed by atoms with E-state index in [0.717, 1.165) is 21.9 Å². The number of ether oxygens (including phenoxy) is 1. The van der Waals surface area contributed by atoms with Gasteiger partial charge in [-0.05, 0) is 48.5 Å². The van der Waals surface area contributed by atoms with Crippen LogP contribution in [0.3, 0.4) is 0 Å². The van der Waals surface area contributed by atoms with Crippen molar-refractivity contribution in [3.8, 4) is 5.75 Å². The first-order valence-corrected chi connectivity index (χ1v) is 10.8. The summed E-state index contributed by atoms with van der Waals surface area (Å²) in [7, 11) is -3.26. The Labute approximate surface area is 168 Å².